The molecule has 0 aromatic rings. The summed E-state index contributed by atoms with van der Waals surface area (Å²) in [4.78, 5) is 0. The van der Waals surface area contributed by atoms with Crippen molar-refractivity contribution >= 4 is 10.0 Å². The number of rotatable bonds is 7. The molecule has 0 aliphatic heterocycles. The summed E-state index contributed by atoms with van der Waals surface area (Å²) in [6.45, 7) is 6.74. The van der Waals surface area contributed by atoms with E-state index in [9.17, 15) is 8.42 Å². The second-order valence-corrected chi connectivity index (χ2v) is 8.35. The maximum atomic E-state index is 11.8. The second kappa shape index (κ2) is 5.24. The van der Waals surface area contributed by atoms with Crippen molar-refractivity contribution in [2.75, 3.05) is 18.9 Å². The Morgan fingerprint density at radius 2 is 1.88 bits per heavy atom. The van der Waals surface area contributed by atoms with E-state index in [0.717, 1.165) is 12.8 Å². The van der Waals surface area contributed by atoms with Crippen LogP contribution < -0.4 is 4.72 Å². The molecule has 0 spiro atoms. The Bertz CT molecular complexity index is 339. The van der Waals surface area contributed by atoms with E-state index in [1.807, 2.05) is 20.8 Å². The predicted molar refractivity (Wildman–Crippen MR) is 69.2 cm³/mol. The van der Waals surface area contributed by atoms with Gasteiger partial charge in [0.15, 0.2) is 0 Å². The van der Waals surface area contributed by atoms with Crippen molar-refractivity contribution in [3.05, 3.63) is 0 Å². The summed E-state index contributed by atoms with van der Waals surface area (Å²) in [6, 6.07) is 0. The molecule has 0 unspecified atom stereocenters. The minimum Gasteiger partial charge on any atom is -0.396 e. The summed E-state index contributed by atoms with van der Waals surface area (Å²) < 4.78 is 26.2. The summed E-state index contributed by atoms with van der Waals surface area (Å²) in [5, 5.41) is 8.90. The van der Waals surface area contributed by atoms with E-state index >= 15 is 0 Å². The molecular formula is C12H25NO3S. The van der Waals surface area contributed by atoms with Crippen LogP contribution in [0.5, 0.6) is 0 Å². The first-order valence-corrected chi connectivity index (χ1v) is 7.92. The highest BCUT2D eigenvalue weighted by Crippen LogP contribution is 2.48. The van der Waals surface area contributed by atoms with E-state index < -0.39 is 10.0 Å². The third-order valence-electron chi connectivity index (χ3n) is 3.39. The van der Waals surface area contributed by atoms with Gasteiger partial charge in [-0.3, -0.25) is 0 Å². The van der Waals surface area contributed by atoms with Crippen molar-refractivity contribution in [2.45, 2.75) is 46.5 Å². The van der Waals surface area contributed by atoms with Gasteiger partial charge in [0.1, 0.15) is 0 Å². The third-order valence-corrected chi connectivity index (χ3v) is 4.71. The van der Waals surface area contributed by atoms with Gasteiger partial charge in [-0.2, -0.15) is 0 Å². The average molecular weight is 263 g/mol. The first kappa shape index (κ1) is 14.9. The topological polar surface area (TPSA) is 66.4 Å². The molecule has 1 saturated carbocycles. The molecule has 0 saturated heterocycles. The maximum Gasteiger partial charge on any atom is 0.211 e. The molecule has 0 heterocycles. The van der Waals surface area contributed by atoms with Crippen LogP contribution in [0, 0.1) is 10.8 Å². The number of sulfonamides is 1. The van der Waals surface area contributed by atoms with Crippen LogP contribution in [0.1, 0.15) is 46.5 Å². The number of hydrogen-bond donors (Lipinski definition) is 2. The SMILES string of the molecule is CC(C)(C)CCS(=O)(=O)NCC1(CCO)CC1. The maximum absolute atomic E-state index is 11.8. The lowest BCUT2D eigenvalue weighted by atomic mass is 9.94. The third kappa shape index (κ3) is 5.84. The molecule has 0 bridgehead atoms. The van der Waals surface area contributed by atoms with Crippen molar-refractivity contribution in [1.82, 2.24) is 4.72 Å². The fourth-order valence-electron chi connectivity index (χ4n) is 1.70. The summed E-state index contributed by atoms with van der Waals surface area (Å²) in [5.74, 6) is 0.186. The Labute approximate surface area is 105 Å². The minimum absolute atomic E-state index is 0.0388. The molecular weight excluding hydrogens is 238 g/mol. The van der Waals surface area contributed by atoms with E-state index in [-0.39, 0.29) is 23.2 Å². The molecule has 0 atom stereocenters. The summed E-state index contributed by atoms with van der Waals surface area (Å²) in [5.41, 5.74) is 0.0840. The molecule has 102 valence electrons. The molecule has 0 amide bonds. The molecule has 1 aliphatic rings. The number of hydrogen-bond acceptors (Lipinski definition) is 3. The lowest BCUT2D eigenvalue weighted by Crippen LogP contribution is -2.33. The molecule has 0 radical (unpaired) electrons. The zero-order valence-electron chi connectivity index (χ0n) is 11.1. The normalized spacial score (nSPS) is 19.3. The van der Waals surface area contributed by atoms with Crippen LogP contribution in [0.25, 0.3) is 0 Å². The largest absolute Gasteiger partial charge is 0.396 e. The molecule has 17 heavy (non-hydrogen) atoms. The lowest BCUT2D eigenvalue weighted by Gasteiger charge is -2.19. The molecule has 1 rings (SSSR count). The Kier molecular flexibility index (Phi) is 4.60. The fourth-order valence-corrected chi connectivity index (χ4v) is 3.26. The quantitative estimate of drug-likeness (QED) is 0.731. The van der Waals surface area contributed by atoms with Gasteiger partial charge in [-0.15, -0.1) is 0 Å². The van der Waals surface area contributed by atoms with E-state index in [4.69, 9.17) is 5.11 Å². The molecule has 1 aliphatic carbocycles. The van der Waals surface area contributed by atoms with Crippen LogP contribution in [-0.4, -0.2) is 32.4 Å². The minimum atomic E-state index is -3.16. The van der Waals surface area contributed by atoms with Crippen LogP contribution >= 0.6 is 0 Å². The molecule has 4 nitrogen and oxygen atoms in total. The van der Waals surface area contributed by atoms with E-state index in [1.165, 1.54) is 0 Å². The highest BCUT2D eigenvalue weighted by atomic mass is 32.2. The summed E-state index contributed by atoms with van der Waals surface area (Å²) in [6.07, 6.45) is 3.41. The predicted octanol–water partition coefficient (Wildman–Crippen LogP) is 1.50. The van der Waals surface area contributed by atoms with Crippen LogP contribution in [0.2, 0.25) is 0 Å². The lowest BCUT2D eigenvalue weighted by molar-refractivity contribution is 0.249. The van der Waals surface area contributed by atoms with E-state index in [2.05, 4.69) is 4.72 Å². The van der Waals surface area contributed by atoms with Crippen LogP contribution in [0.15, 0.2) is 0 Å². The molecule has 2 N–H and O–H groups in total. The van der Waals surface area contributed by atoms with Gasteiger partial charge in [0.25, 0.3) is 0 Å². The average Bonchev–Trinajstić information content (AvgIpc) is 2.93. The van der Waals surface area contributed by atoms with Crippen molar-refractivity contribution in [3.63, 3.8) is 0 Å². The molecule has 1 fully saturated rings. The van der Waals surface area contributed by atoms with Gasteiger partial charge in [0, 0.05) is 13.2 Å². The Morgan fingerprint density at radius 3 is 2.29 bits per heavy atom. The van der Waals surface area contributed by atoms with Gasteiger partial charge in [0.2, 0.25) is 10.0 Å². The first-order valence-electron chi connectivity index (χ1n) is 6.26. The van der Waals surface area contributed by atoms with E-state index in [1.54, 1.807) is 0 Å². The van der Waals surface area contributed by atoms with Crippen LogP contribution in [-0.2, 0) is 10.0 Å². The summed E-state index contributed by atoms with van der Waals surface area (Å²) >= 11 is 0. The van der Waals surface area contributed by atoms with Gasteiger partial charge in [-0.05, 0) is 36.5 Å². The standard InChI is InChI=1S/C12H25NO3S/c1-11(2,3)7-9-17(15,16)13-10-12(4-5-12)6-8-14/h13-14H,4-10H2,1-3H3. The van der Waals surface area contributed by atoms with Crippen molar-refractivity contribution in [2.24, 2.45) is 10.8 Å². The fraction of sp³-hybridized carbons (Fsp3) is 1.00. The molecule has 5 heteroatoms. The highest BCUT2D eigenvalue weighted by Gasteiger charge is 2.42. The molecule has 0 aromatic carbocycles. The Hall–Kier alpha value is -0.130. The van der Waals surface area contributed by atoms with Crippen molar-refractivity contribution < 1.29 is 13.5 Å². The van der Waals surface area contributed by atoms with Crippen LogP contribution in [0.3, 0.4) is 0 Å². The monoisotopic (exact) mass is 263 g/mol. The van der Waals surface area contributed by atoms with Crippen molar-refractivity contribution in [3.8, 4) is 0 Å². The number of nitrogens with one attached hydrogen (secondary N) is 1. The smallest absolute Gasteiger partial charge is 0.211 e. The van der Waals surface area contributed by atoms with Gasteiger partial charge in [-0.1, -0.05) is 20.8 Å². The Balaban J connectivity index is 2.35. The van der Waals surface area contributed by atoms with Gasteiger partial charge >= 0.3 is 0 Å². The number of aliphatic hydroxyl groups excluding tert-OH is 1. The van der Waals surface area contributed by atoms with Crippen LogP contribution in [0.4, 0.5) is 0 Å². The number of aliphatic hydroxyl groups is 1. The van der Waals surface area contributed by atoms with Crippen molar-refractivity contribution in [1.29, 1.82) is 0 Å². The molecule has 0 aromatic heterocycles. The van der Waals surface area contributed by atoms with E-state index in [0.29, 0.717) is 19.4 Å². The first-order chi connectivity index (χ1) is 7.68. The summed E-state index contributed by atoms with van der Waals surface area (Å²) in [7, 11) is -3.16. The zero-order valence-corrected chi connectivity index (χ0v) is 11.9. The second-order valence-electron chi connectivity index (χ2n) is 6.42. The van der Waals surface area contributed by atoms with Gasteiger partial charge in [-0.25, -0.2) is 13.1 Å². The van der Waals surface area contributed by atoms with Gasteiger partial charge < -0.3 is 5.11 Å². The Morgan fingerprint density at radius 1 is 1.29 bits per heavy atom. The zero-order chi connectivity index (χ0) is 13.2. The highest BCUT2D eigenvalue weighted by molar-refractivity contribution is 7.89. The van der Waals surface area contributed by atoms with Gasteiger partial charge in [0.05, 0.1) is 5.75 Å².